The molecule has 6 nitrogen and oxygen atoms in total. The highest BCUT2D eigenvalue weighted by Crippen LogP contribution is 2.27. The molecule has 0 radical (unpaired) electrons. The van der Waals surface area contributed by atoms with Crippen LogP contribution in [0, 0.1) is 0 Å². The van der Waals surface area contributed by atoms with E-state index in [9.17, 15) is 19.5 Å². The van der Waals surface area contributed by atoms with Crippen LogP contribution in [0.4, 0.5) is 0 Å². The number of carbonyl (C=O) groups is 3. The first-order valence-corrected chi connectivity index (χ1v) is 6.63. The van der Waals surface area contributed by atoms with E-state index in [2.05, 4.69) is 5.32 Å². The topological polar surface area (TPSA) is 86.7 Å². The Morgan fingerprint density at radius 2 is 1.68 bits per heavy atom. The molecule has 0 aliphatic heterocycles. The number of hydrogen-bond acceptors (Lipinski definition) is 3. The van der Waals surface area contributed by atoms with Gasteiger partial charge in [-0.3, -0.25) is 9.59 Å². The van der Waals surface area contributed by atoms with Crippen molar-refractivity contribution < 1.29 is 19.5 Å². The summed E-state index contributed by atoms with van der Waals surface area (Å²) in [6, 6.07) is 0. The molecule has 0 heterocycles. The molecule has 1 aliphatic carbocycles. The van der Waals surface area contributed by atoms with E-state index in [1.54, 1.807) is 0 Å². The third-order valence-electron chi connectivity index (χ3n) is 3.66. The molecule has 0 aromatic carbocycles. The van der Waals surface area contributed by atoms with Gasteiger partial charge in [-0.1, -0.05) is 25.7 Å². The number of carboxylic acids is 1. The molecule has 6 heteroatoms. The first-order valence-electron chi connectivity index (χ1n) is 6.63. The second-order valence-electron chi connectivity index (χ2n) is 5.22. The maximum atomic E-state index is 11.9. The van der Waals surface area contributed by atoms with Crippen molar-refractivity contribution in [3.05, 3.63) is 0 Å². The Bertz CT molecular complexity index is 360. The normalized spacial score (nSPS) is 18.2. The van der Waals surface area contributed by atoms with Gasteiger partial charge in [0.05, 0.1) is 6.54 Å². The van der Waals surface area contributed by atoms with Crippen molar-refractivity contribution in [2.75, 3.05) is 13.6 Å². The molecule has 108 valence electrons. The minimum atomic E-state index is -1.16. The summed E-state index contributed by atoms with van der Waals surface area (Å²) in [5.74, 6) is -1.62. The maximum absolute atomic E-state index is 11.9. The average Bonchev–Trinajstić information content (AvgIpc) is 2.55. The molecule has 0 atom stereocenters. The fourth-order valence-corrected chi connectivity index (χ4v) is 2.36. The van der Waals surface area contributed by atoms with Gasteiger partial charge in [0.2, 0.25) is 11.8 Å². The second kappa shape index (κ2) is 6.54. The average molecular weight is 270 g/mol. The zero-order valence-corrected chi connectivity index (χ0v) is 11.6. The van der Waals surface area contributed by atoms with Crippen LogP contribution >= 0.6 is 0 Å². The number of nitrogens with zero attached hydrogens (tertiary/aromatic N) is 1. The molecule has 1 rings (SSSR count). The van der Waals surface area contributed by atoms with Crippen molar-refractivity contribution in [3.63, 3.8) is 0 Å². The smallest absolute Gasteiger partial charge is 0.329 e. The van der Waals surface area contributed by atoms with E-state index >= 15 is 0 Å². The van der Waals surface area contributed by atoms with Crippen molar-refractivity contribution in [3.8, 4) is 0 Å². The lowest BCUT2D eigenvalue weighted by Gasteiger charge is -2.30. The number of hydrogen-bond donors (Lipinski definition) is 2. The van der Waals surface area contributed by atoms with Crippen LogP contribution in [0.3, 0.4) is 0 Å². The summed E-state index contributed by atoms with van der Waals surface area (Å²) in [7, 11) is 1.52. The summed E-state index contributed by atoms with van der Waals surface area (Å²) in [5, 5.41) is 12.0. The predicted octanol–water partition coefficient (Wildman–Crippen LogP) is 0.758. The number of carbonyl (C=O) groups excluding carboxylic acids is 2. The summed E-state index contributed by atoms with van der Waals surface area (Å²) in [5.41, 5.74) is -1.16. The van der Waals surface area contributed by atoms with Gasteiger partial charge in [-0.05, 0) is 12.8 Å². The zero-order chi connectivity index (χ0) is 14.5. The lowest BCUT2D eigenvalue weighted by molar-refractivity contribution is -0.148. The standard InChI is InChI=1S/C13H22N2O4/c1-10(16)15(2)9-11(17)14-13(12(18)19)7-5-3-4-6-8-13/h3-9H2,1-2H3,(H,14,17)(H,18,19). The van der Waals surface area contributed by atoms with Gasteiger partial charge in [0, 0.05) is 14.0 Å². The summed E-state index contributed by atoms with van der Waals surface area (Å²) >= 11 is 0. The van der Waals surface area contributed by atoms with Crippen LogP contribution in [0.5, 0.6) is 0 Å². The summed E-state index contributed by atoms with van der Waals surface area (Å²) in [6.07, 6.45) is 4.51. The molecule has 0 bridgehead atoms. The molecule has 2 amide bonds. The number of likely N-dealkylation sites (N-methyl/N-ethyl adjacent to an activating group) is 1. The highest BCUT2D eigenvalue weighted by Gasteiger charge is 2.40. The molecular formula is C13H22N2O4. The van der Waals surface area contributed by atoms with E-state index in [0.29, 0.717) is 12.8 Å². The number of aliphatic carboxylic acids is 1. The van der Waals surface area contributed by atoms with Crippen LogP contribution in [0.25, 0.3) is 0 Å². The summed E-state index contributed by atoms with van der Waals surface area (Å²) in [4.78, 5) is 35.7. The quantitative estimate of drug-likeness (QED) is 0.738. The highest BCUT2D eigenvalue weighted by molar-refractivity contribution is 5.89. The first-order chi connectivity index (χ1) is 8.87. The molecule has 19 heavy (non-hydrogen) atoms. The van der Waals surface area contributed by atoms with Crippen LogP contribution in [0.15, 0.2) is 0 Å². The predicted molar refractivity (Wildman–Crippen MR) is 69.5 cm³/mol. The molecule has 0 spiro atoms. The molecule has 0 unspecified atom stereocenters. The zero-order valence-electron chi connectivity index (χ0n) is 11.6. The Hall–Kier alpha value is -1.59. The minimum absolute atomic E-state index is 0.107. The van der Waals surface area contributed by atoms with Crippen LogP contribution in [0.1, 0.15) is 45.4 Å². The Morgan fingerprint density at radius 3 is 2.11 bits per heavy atom. The molecule has 1 fully saturated rings. The van der Waals surface area contributed by atoms with Crippen molar-refractivity contribution >= 4 is 17.8 Å². The van der Waals surface area contributed by atoms with E-state index in [4.69, 9.17) is 0 Å². The molecule has 0 saturated heterocycles. The SMILES string of the molecule is CC(=O)N(C)CC(=O)NC1(C(=O)O)CCCCCC1. The maximum Gasteiger partial charge on any atom is 0.329 e. The third kappa shape index (κ3) is 4.22. The van der Waals surface area contributed by atoms with Gasteiger partial charge in [0.1, 0.15) is 5.54 Å². The molecule has 1 aliphatic rings. The molecular weight excluding hydrogens is 248 g/mol. The van der Waals surface area contributed by atoms with Gasteiger partial charge in [-0.25, -0.2) is 4.79 Å². The van der Waals surface area contributed by atoms with Crippen molar-refractivity contribution in [2.24, 2.45) is 0 Å². The van der Waals surface area contributed by atoms with Crippen molar-refractivity contribution in [1.82, 2.24) is 10.2 Å². The van der Waals surface area contributed by atoms with Gasteiger partial charge < -0.3 is 15.3 Å². The van der Waals surface area contributed by atoms with E-state index in [0.717, 1.165) is 25.7 Å². The molecule has 1 saturated carbocycles. The monoisotopic (exact) mass is 270 g/mol. The second-order valence-corrected chi connectivity index (χ2v) is 5.22. The van der Waals surface area contributed by atoms with Crippen LogP contribution in [0.2, 0.25) is 0 Å². The third-order valence-corrected chi connectivity index (χ3v) is 3.66. The number of carboxylic acid groups (broad SMARTS) is 1. The fourth-order valence-electron chi connectivity index (χ4n) is 2.36. The van der Waals surface area contributed by atoms with Gasteiger partial charge in [-0.2, -0.15) is 0 Å². The van der Waals surface area contributed by atoms with Gasteiger partial charge in [0.15, 0.2) is 0 Å². The van der Waals surface area contributed by atoms with Crippen LogP contribution < -0.4 is 5.32 Å². The summed E-state index contributed by atoms with van der Waals surface area (Å²) in [6.45, 7) is 1.26. The lowest BCUT2D eigenvalue weighted by atomic mass is 9.90. The fraction of sp³-hybridized carbons (Fsp3) is 0.769. The largest absolute Gasteiger partial charge is 0.480 e. The van der Waals surface area contributed by atoms with Crippen LogP contribution in [-0.4, -0.2) is 46.9 Å². The molecule has 2 N–H and O–H groups in total. The first kappa shape index (κ1) is 15.5. The number of rotatable bonds is 4. The van der Waals surface area contributed by atoms with Crippen molar-refractivity contribution in [1.29, 1.82) is 0 Å². The number of nitrogens with one attached hydrogen (secondary N) is 1. The van der Waals surface area contributed by atoms with E-state index in [1.807, 2.05) is 0 Å². The van der Waals surface area contributed by atoms with E-state index < -0.39 is 17.4 Å². The lowest BCUT2D eigenvalue weighted by Crippen LogP contribution is -2.56. The Balaban J connectivity index is 2.70. The van der Waals surface area contributed by atoms with E-state index in [1.165, 1.54) is 18.9 Å². The Kier molecular flexibility index (Phi) is 5.32. The highest BCUT2D eigenvalue weighted by atomic mass is 16.4. The molecule has 0 aromatic rings. The Labute approximate surface area is 113 Å². The van der Waals surface area contributed by atoms with Crippen molar-refractivity contribution in [2.45, 2.75) is 51.0 Å². The van der Waals surface area contributed by atoms with Gasteiger partial charge >= 0.3 is 5.97 Å². The Morgan fingerprint density at radius 1 is 1.16 bits per heavy atom. The van der Waals surface area contributed by atoms with Crippen LogP contribution in [-0.2, 0) is 14.4 Å². The molecule has 0 aromatic heterocycles. The van der Waals surface area contributed by atoms with Gasteiger partial charge in [0.25, 0.3) is 0 Å². The minimum Gasteiger partial charge on any atom is -0.480 e. The van der Waals surface area contributed by atoms with Gasteiger partial charge in [-0.15, -0.1) is 0 Å². The van der Waals surface area contributed by atoms with E-state index in [-0.39, 0.29) is 12.5 Å². The number of amides is 2. The summed E-state index contributed by atoms with van der Waals surface area (Å²) < 4.78 is 0.